The third kappa shape index (κ3) is 6.37. The Morgan fingerprint density at radius 3 is 1.95 bits per heavy atom. The van der Waals surface area contributed by atoms with E-state index in [9.17, 15) is 15.0 Å². The van der Waals surface area contributed by atoms with E-state index in [2.05, 4.69) is 16.6 Å². The van der Waals surface area contributed by atoms with Crippen molar-refractivity contribution in [2.75, 3.05) is 19.6 Å². The van der Waals surface area contributed by atoms with Crippen LogP contribution in [0.15, 0.2) is 84.9 Å². The van der Waals surface area contributed by atoms with Gasteiger partial charge < -0.3 is 15.1 Å². The minimum atomic E-state index is -0.998. The fraction of sp³-hybridized carbons (Fsp3) is 0.406. The highest BCUT2D eigenvalue weighted by Crippen LogP contribution is 2.42. The lowest BCUT2D eigenvalue weighted by molar-refractivity contribution is -0.114. The van der Waals surface area contributed by atoms with Crippen LogP contribution in [0.2, 0.25) is 0 Å². The smallest absolute Gasteiger partial charge is 0.209 e. The molecule has 0 saturated carbocycles. The standard InChI is InChI=1S/C32H39NO3S2/c1-31(2,30(35)38-37)25-17-15-24(16-18-25)29(34)14-9-21-33-22-19-28(20-23-33)32(36,26-10-5-3-6-11-26)27-12-7-4-8-13-27/h3-8,10-13,15-18,28-29,34,36-37H,9,14,19-23H2,1-2H3. The highest BCUT2D eigenvalue weighted by molar-refractivity contribution is 8.74. The van der Waals surface area contributed by atoms with E-state index in [0.717, 1.165) is 71.9 Å². The Morgan fingerprint density at radius 1 is 0.921 bits per heavy atom. The zero-order chi connectivity index (χ0) is 27.2. The van der Waals surface area contributed by atoms with Crippen molar-refractivity contribution in [2.24, 2.45) is 5.92 Å². The van der Waals surface area contributed by atoms with Gasteiger partial charge in [-0.1, -0.05) is 84.9 Å². The van der Waals surface area contributed by atoms with Gasteiger partial charge in [-0.15, -0.1) is 11.7 Å². The quantitative estimate of drug-likeness (QED) is 0.198. The van der Waals surface area contributed by atoms with Crippen LogP contribution in [0.1, 0.15) is 67.9 Å². The molecule has 202 valence electrons. The molecule has 2 N–H and O–H groups in total. The van der Waals surface area contributed by atoms with Gasteiger partial charge in [-0.05, 0) is 98.1 Å². The third-order valence-electron chi connectivity index (χ3n) is 8.17. The van der Waals surface area contributed by atoms with Crippen LogP contribution in [0.25, 0.3) is 0 Å². The number of nitrogens with zero attached hydrogens (tertiary/aromatic N) is 1. The lowest BCUT2D eigenvalue weighted by Gasteiger charge is -2.42. The number of thiol groups is 1. The predicted molar refractivity (Wildman–Crippen MR) is 160 cm³/mol. The largest absolute Gasteiger partial charge is 0.388 e. The molecule has 0 aliphatic carbocycles. The van der Waals surface area contributed by atoms with E-state index < -0.39 is 17.1 Å². The maximum atomic E-state index is 12.2. The summed E-state index contributed by atoms with van der Waals surface area (Å²) in [5.41, 5.74) is 2.10. The molecule has 0 bridgehead atoms. The summed E-state index contributed by atoms with van der Waals surface area (Å²) in [4.78, 5) is 14.6. The van der Waals surface area contributed by atoms with Gasteiger partial charge in [0, 0.05) is 0 Å². The Hall–Kier alpha value is -2.09. The van der Waals surface area contributed by atoms with E-state index in [0.29, 0.717) is 6.42 Å². The van der Waals surface area contributed by atoms with E-state index >= 15 is 0 Å². The summed E-state index contributed by atoms with van der Waals surface area (Å²) in [6, 6.07) is 27.8. The molecular formula is C32H39NO3S2. The molecule has 38 heavy (non-hydrogen) atoms. The summed E-state index contributed by atoms with van der Waals surface area (Å²) in [6.07, 6.45) is 2.90. The predicted octanol–water partition coefficient (Wildman–Crippen LogP) is 6.53. The molecule has 3 aromatic rings. The lowest BCUT2D eigenvalue weighted by atomic mass is 9.72. The molecule has 6 heteroatoms. The Labute approximate surface area is 236 Å². The van der Waals surface area contributed by atoms with Gasteiger partial charge in [0.15, 0.2) is 0 Å². The first kappa shape index (κ1) is 28.9. The van der Waals surface area contributed by atoms with Crippen molar-refractivity contribution in [1.82, 2.24) is 4.90 Å². The molecule has 4 rings (SSSR count). The normalized spacial score (nSPS) is 16.3. The first-order chi connectivity index (χ1) is 18.3. The number of hydrogen-bond donors (Lipinski definition) is 3. The summed E-state index contributed by atoms with van der Waals surface area (Å²) in [7, 11) is 0.948. The summed E-state index contributed by atoms with van der Waals surface area (Å²) in [6.45, 7) is 6.59. The van der Waals surface area contributed by atoms with E-state index in [-0.39, 0.29) is 11.0 Å². The van der Waals surface area contributed by atoms with Crippen LogP contribution in [0.5, 0.6) is 0 Å². The second kappa shape index (κ2) is 12.8. The molecule has 1 saturated heterocycles. The highest BCUT2D eigenvalue weighted by Gasteiger charge is 2.41. The number of likely N-dealkylation sites (tertiary alicyclic amines) is 1. The number of aliphatic hydroxyl groups excluding tert-OH is 1. The molecule has 1 unspecified atom stereocenters. The fourth-order valence-electron chi connectivity index (χ4n) is 5.63. The second-order valence-corrected chi connectivity index (χ2v) is 12.0. The van der Waals surface area contributed by atoms with E-state index in [1.807, 2.05) is 98.8 Å². The molecule has 0 radical (unpaired) electrons. The molecule has 1 aliphatic heterocycles. The Bertz CT molecular complexity index is 1120. The number of carbonyl (C=O) groups excluding carboxylic acids is 1. The minimum absolute atomic E-state index is 0.00359. The first-order valence-corrected chi connectivity index (χ1v) is 15.3. The van der Waals surface area contributed by atoms with Crippen molar-refractivity contribution in [3.8, 4) is 0 Å². The van der Waals surface area contributed by atoms with E-state index in [1.54, 1.807) is 0 Å². The van der Waals surface area contributed by atoms with Crippen molar-refractivity contribution in [1.29, 1.82) is 0 Å². The van der Waals surface area contributed by atoms with Gasteiger partial charge in [0.2, 0.25) is 5.12 Å². The summed E-state index contributed by atoms with van der Waals surface area (Å²) < 4.78 is 0. The molecule has 1 heterocycles. The van der Waals surface area contributed by atoms with Crippen LogP contribution >= 0.6 is 22.5 Å². The SMILES string of the molecule is CC(C)(C(=O)SS)c1ccc(C(O)CCCN2CCC(C(O)(c3ccccc3)c3ccccc3)CC2)cc1. The van der Waals surface area contributed by atoms with Crippen molar-refractivity contribution < 1.29 is 15.0 Å². The number of hydrogen-bond acceptors (Lipinski definition) is 6. The number of aliphatic hydroxyl groups is 2. The molecule has 0 amide bonds. The van der Waals surface area contributed by atoms with Crippen LogP contribution in [-0.4, -0.2) is 39.9 Å². The molecular weight excluding hydrogens is 510 g/mol. The maximum Gasteiger partial charge on any atom is 0.209 e. The molecule has 1 fully saturated rings. The second-order valence-electron chi connectivity index (χ2n) is 10.9. The van der Waals surface area contributed by atoms with Crippen molar-refractivity contribution >= 4 is 27.6 Å². The average molecular weight is 550 g/mol. The number of rotatable bonds is 10. The topological polar surface area (TPSA) is 60.8 Å². The number of piperidine rings is 1. The maximum absolute atomic E-state index is 12.2. The zero-order valence-corrected chi connectivity index (χ0v) is 24.0. The summed E-state index contributed by atoms with van der Waals surface area (Å²) in [5, 5.41) is 22.8. The van der Waals surface area contributed by atoms with Crippen LogP contribution < -0.4 is 0 Å². The Balaban J connectivity index is 1.31. The monoisotopic (exact) mass is 549 g/mol. The van der Waals surface area contributed by atoms with Crippen LogP contribution in [-0.2, 0) is 15.8 Å². The van der Waals surface area contributed by atoms with Gasteiger partial charge in [-0.25, -0.2) is 0 Å². The molecule has 4 nitrogen and oxygen atoms in total. The number of benzene rings is 3. The lowest BCUT2D eigenvalue weighted by Crippen LogP contribution is -2.44. The van der Waals surface area contributed by atoms with Gasteiger partial charge in [0.25, 0.3) is 0 Å². The number of carbonyl (C=O) groups is 1. The molecule has 0 aromatic heterocycles. The molecule has 3 aromatic carbocycles. The van der Waals surface area contributed by atoms with Crippen LogP contribution in [0.4, 0.5) is 0 Å². The van der Waals surface area contributed by atoms with Gasteiger partial charge in [-0.2, -0.15) is 0 Å². The zero-order valence-electron chi connectivity index (χ0n) is 22.3. The minimum Gasteiger partial charge on any atom is -0.388 e. The van der Waals surface area contributed by atoms with Crippen LogP contribution in [0.3, 0.4) is 0 Å². The third-order valence-corrected chi connectivity index (χ3v) is 9.34. The van der Waals surface area contributed by atoms with Crippen molar-refractivity contribution in [3.63, 3.8) is 0 Å². The van der Waals surface area contributed by atoms with Crippen LogP contribution in [0, 0.1) is 5.92 Å². The Kier molecular flexibility index (Phi) is 9.77. The van der Waals surface area contributed by atoms with Gasteiger partial charge in [0.05, 0.1) is 11.5 Å². The highest BCUT2D eigenvalue weighted by atomic mass is 33.1. The molecule has 1 aliphatic rings. The van der Waals surface area contributed by atoms with E-state index in [1.165, 1.54) is 0 Å². The van der Waals surface area contributed by atoms with Gasteiger partial charge in [-0.3, -0.25) is 4.79 Å². The van der Waals surface area contributed by atoms with Crippen molar-refractivity contribution in [2.45, 2.75) is 56.7 Å². The van der Waals surface area contributed by atoms with Crippen molar-refractivity contribution in [3.05, 3.63) is 107 Å². The summed E-state index contributed by atoms with van der Waals surface area (Å²) >= 11 is 4.06. The van der Waals surface area contributed by atoms with E-state index in [4.69, 9.17) is 0 Å². The first-order valence-electron chi connectivity index (χ1n) is 13.5. The molecule has 0 spiro atoms. The van der Waals surface area contributed by atoms with Gasteiger partial charge >= 0.3 is 0 Å². The fourth-order valence-corrected chi connectivity index (χ4v) is 6.66. The Morgan fingerprint density at radius 2 is 1.45 bits per heavy atom. The average Bonchev–Trinajstić information content (AvgIpc) is 2.97. The van der Waals surface area contributed by atoms with Gasteiger partial charge in [0.1, 0.15) is 5.60 Å². The molecule has 1 atom stereocenters. The summed E-state index contributed by atoms with van der Waals surface area (Å²) in [5.74, 6) is 0.143.